The highest BCUT2D eigenvalue weighted by Gasteiger charge is 2.20. The summed E-state index contributed by atoms with van der Waals surface area (Å²) in [6, 6.07) is 16.7. The van der Waals surface area contributed by atoms with E-state index in [0.29, 0.717) is 22.7 Å². The van der Waals surface area contributed by atoms with Crippen molar-refractivity contribution in [2.45, 2.75) is 20.4 Å². The number of benzene rings is 2. The van der Waals surface area contributed by atoms with Gasteiger partial charge in [-0.25, -0.2) is 0 Å². The summed E-state index contributed by atoms with van der Waals surface area (Å²) in [5.74, 6) is -0.184. The summed E-state index contributed by atoms with van der Waals surface area (Å²) >= 11 is 6.14. The van der Waals surface area contributed by atoms with Gasteiger partial charge in [0.25, 0.3) is 11.8 Å². The average molecular weight is 410 g/mol. The minimum absolute atomic E-state index is 0.0539. The van der Waals surface area contributed by atoms with E-state index in [1.54, 1.807) is 31.1 Å². The zero-order valence-electron chi connectivity index (χ0n) is 17.0. The van der Waals surface area contributed by atoms with Crippen molar-refractivity contribution in [2.75, 3.05) is 14.1 Å². The molecule has 2 aromatic carbocycles. The van der Waals surface area contributed by atoms with E-state index in [-0.39, 0.29) is 11.8 Å². The van der Waals surface area contributed by atoms with E-state index in [4.69, 9.17) is 11.6 Å². The van der Waals surface area contributed by atoms with Gasteiger partial charge in [-0.1, -0.05) is 29.8 Å². The molecule has 0 bridgehead atoms. The van der Waals surface area contributed by atoms with Gasteiger partial charge in [0.2, 0.25) is 0 Å². The van der Waals surface area contributed by atoms with Crippen LogP contribution in [0.25, 0.3) is 5.69 Å². The molecule has 3 aromatic rings. The maximum atomic E-state index is 13.1. The molecule has 0 saturated heterocycles. The van der Waals surface area contributed by atoms with E-state index >= 15 is 0 Å². The minimum atomic E-state index is -0.130. The molecular weight excluding hydrogens is 386 g/mol. The number of hydrogen-bond acceptors (Lipinski definition) is 2. The lowest BCUT2D eigenvalue weighted by molar-refractivity contribution is 0.0784. The molecule has 1 heterocycles. The fourth-order valence-electron chi connectivity index (χ4n) is 3.45. The molecule has 0 saturated carbocycles. The third kappa shape index (κ3) is 4.35. The molecule has 3 rings (SSSR count). The Morgan fingerprint density at radius 3 is 2.38 bits per heavy atom. The Morgan fingerprint density at radius 1 is 1.07 bits per heavy atom. The summed E-state index contributed by atoms with van der Waals surface area (Å²) in [6.07, 6.45) is 0. The maximum absolute atomic E-state index is 13.1. The number of aryl methyl sites for hydroxylation is 1. The fourth-order valence-corrected chi connectivity index (χ4v) is 3.63. The second-order valence-corrected chi connectivity index (χ2v) is 7.47. The van der Waals surface area contributed by atoms with Crippen molar-refractivity contribution in [3.63, 3.8) is 0 Å². The number of nitrogens with one attached hydrogen (secondary N) is 1. The summed E-state index contributed by atoms with van der Waals surface area (Å²) in [4.78, 5) is 26.4. The largest absolute Gasteiger partial charge is 0.355 e. The summed E-state index contributed by atoms with van der Waals surface area (Å²) < 4.78 is 2.03. The fraction of sp³-hybridized carbons (Fsp3) is 0.217. The van der Waals surface area contributed by atoms with Crippen molar-refractivity contribution in [3.8, 4) is 5.69 Å². The summed E-state index contributed by atoms with van der Waals surface area (Å²) in [6.45, 7) is 4.36. The third-order valence-electron chi connectivity index (χ3n) is 4.94. The van der Waals surface area contributed by atoms with Crippen molar-refractivity contribution in [1.82, 2.24) is 14.8 Å². The number of carbonyl (C=O) groups excluding carboxylic acids is 2. The van der Waals surface area contributed by atoms with Crippen molar-refractivity contribution >= 4 is 23.4 Å². The first kappa shape index (κ1) is 20.7. The van der Waals surface area contributed by atoms with Crippen LogP contribution in [0.15, 0.2) is 54.6 Å². The summed E-state index contributed by atoms with van der Waals surface area (Å²) in [5, 5.41) is 3.25. The van der Waals surface area contributed by atoms with E-state index in [9.17, 15) is 9.59 Å². The highest BCUT2D eigenvalue weighted by Crippen LogP contribution is 2.24. The topological polar surface area (TPSA) is 54.3 Å². The second-order valence-electron chi connectivity index (χ2n) is 7.04. The SMILES string of the molecule is CNC(=O)c1ccc(CN(C)C(=O)c2cc(C)n(-c3cccc(Cl)c3)c2C)cc1. The van der Waals surface area contributed by atoms with Crippen LogP contribution in [-0.4, -0.2) is 35.4 Å². The van der Waals surface area contributed by atoms with Crippen LogP contribution in [0.1, 0.15) is 37.7 Å². The van der Waals surface area contributed by atoms with Gasteiger partial charge in [-0.15, -0.1) is 0 Å². The number of carbonyl (C=O) groups is 2. The molecule has 29 heavy (non-hydrogen) atoms. The van der Waals surface area contributed by atoms with Gasteiger partial charge in [-0.3, -0.25) is 9.59 Å². The van der Waals surface area contributed by atoms with Gasteiger partial charge in [0, 0.05) is 48.3 Å². The molecular formula is C23H24ClN3O2. The Balaban J connectivity index is 1.81. The molecule has 0 atom stereocenters. The molecule has 1 aromatic heterocycles. The smallest absolute Gasteiger partial charge is 0.255 e. The monoisotopic (exact) mass is 409 g/mol. The van der Waals surface area contributed by atoms with Gasteiger partial charge < -0.3 is 14.8 Å². The van der Waals surface area contributed by atoms with Crippen LogP contribution in [0.2, 0.25) is 5.02 Å². The van der Waals surface area contributed by atoms with Gasteiger partial charge in [0.1, 0.15) is 0 Å². The Morgan fingerprint density at radius 2 is 1.76 bits per heavy atom. The van der Waals surface area contributed by atoms with Crippen LogP contribution in [0.3, 0.4) is 0 Å². The molecule has 0 fully saturated rings. The predicted octanol–water partition coefficient (Wildman–Crippen LogP) is 4.38. The molecule has 150 valence electrons. The number of rotatable bonds is 5. The Hall–Kier alpha value is -3.05. The zero-order valence-corrected chi connectivity index (χ0v) is 17.7. The first-order chi connectivity index (χ1) is 13.8. The molecule has 0 aliphatic carbocycles. The molecule has 1 N–H and O–H groups in total. The van der Waals surface area contributed by atoms with E-state index in [1.165, 1.54) is 0 Å². The second kappa shape index (κ2) is 8.53. The Bertz CT molecular complexity index is 1050. The van der Waals surface area contributed by atoms with Crippen LogP contribution < -0.4 is 5.32 Å². The van der Waals surface area contributed by atoms with E-state index in [2.05, 4.69) is 5.32 Å². The van der Waals surface area contributed by atoms with E-state index < -0.39 is 0 Å². The Labute approximate surface area is 175 Å². The number of amides is 2. The lowest BCUT2D eigenvalue weighted by Gasteiger charge is -2.18. The third-order valence-corrected chi connectivity index (χ3v) is 5.17. The summed E-state index contributed by atoms with van der Waals surface area (Å²) in [7, 11) is 3.38. The standard InChI is InChI=1S/C23H24ClN3O2/c1-15-12-21(16(2)27(15)20-7-5-6-19(24)13-20)23(29)26(4)14-17-8-10-18(11-9-17)22(28)25-3/h5-13H,14H2,1-4H3,(H,25,28). The van der Waals surface area contributed by atoms with E-state index in [0.717, 1.165) is 22.6 Å². The van der Waals surface area contributed by atoms with Crippen LogP contribution in [0.4, 0.5) is 0 Å². The first-order valence-corrected chi connectivity index (χ1v) is 9.71. The molecule has 0 aliphatic heterocycles. The van der Waals surface area contributed by atoms with E-state index in [1.807, 2.05) is 60.9 Å². The van der Waals surface area contributed by atoms with Crippen molar-refractivity contribution < 1.29 is 9.59 Å². The van der Waals surface area contributed by atoms with Crippen LogP contribution in [0.5, 0.6) is 0 Å². The van der Waals surface area contributed by atoms with Gasteiger partial charge in [0.05, 0.1) is 5.56 Å². The predicted molar refractivity (Wildman–Crippen MR) is 116 cm³/mol. The zero-order chi connectivity index (χ0) is 21.1. The maximum Gasteiger partial charge on any atom is 0.255 e. The minimum Gasteiger partial charge on any atom is -0.355 e. The quantitative estimate of drug-likeness (QED) is 0.679. The number of halogens is 1. The molecule has 5 nitrogen and oxygen atoms in total. The van der Waals surface area contributed by atoms with Crippen LogP contribution in [0, 0.1) is 13.8 Å². The highest BCUT2D eigenvalue weighted by atomic mass is 35.5. The number of hydrogen-bond donors (Lipinski definition) is 1. The van der Waals surface area contributed by atoms with Crippen molar-refractivity contribution in [2.24, 2.45) is 0 Å². The molecule has 0 spiro atoms. The van der Waals surface area contributed by atoms with Gasteiger partial charge in [-0.2, -0.15) is 0 Å². The van der Waals surface area contributed by atoms with Crippen molar-refractivity contribution in [3.05, 3.63) is 87.7 Å². The average Bonchev–Trinajstić information content (AvgIpc) is 3.01. The number of aromatic nitrogens is 1. The van der Waals surface area contributed by atoms with Gasteiger partial charge in [-0.05, 0) is 55.8 Å². The Kier molecular flexibility index (Phi) is 6.09. The van der Waals surface area contributed by atoms with Gasteiger partial charge >= 0.3 is 0 Å². The van der Waals surface area contributed by atoms with Crippen LogP contribution >= 0.6 is 11.6 Å². The molecule has 0 aliphatic rings. The molecule has 2 amide bonds. The normalized spacial score (nSPS) is 10.7. The lowest BCUT2D eigenvalue weighted by Crippen LogP contribution is -2.26. The number of nitrogens with zero attached hydrogens (tertiary/aromatic N) is 2. The van der Waals surface area contributed by atoms with Crippen LogP contribution in [-0.2, 0) is 6.54 Å². The molecule has 0 radical (unpaired) electrons. The molecule has 0 unspecified atom stereocenters. The highest BCUT2D eigenvalue weighted by molar-refractivity contribution is 6.30. The molecule has 6 heteroatoms. The van der Waals surface area contributed by atoms with Gasteiger partial charge in [0.15, 0.2) is 0 Å². The lowest BCUT2D eigenvalue weighted by atomic mass is 10.1. The summed E-state index contributed by atoms with van der Waals surface area (Å²) in [5.41, 5.74) is 4.98. The van der Waals surface area contributed by atoms with Crippen molar-refractivity contribution in [1.29, 1.82) is 0 Å². The first-order valence-electron chi connectivity index (χ1n) is 9.33.